The van der Waals surface area contributed by atoms with Crippen LogP contribution in [0.3, 0.4) is 0 Å². The zero-order chi connectivity index (χ0) is 23.7. The third-order valence-corrected chi connectivity index (χ3v) is 5.64. The molecule has 1 aromatic heterocycles. The average molecular weight is 525 g/mol. The summed E-state index contributed by atoms with van der Waals surface area (Å²) < 4.78 is 11.2. The summed E-state index contributed by atoms with van der Waals surface area (Å²) in [4.78, 5) is 36.7. The second-order valence-corrected chi connectivity index (χ2v) is 8.96. The number of methoxy groups -OCH3 is 1. The fraction of sp³-hybridized carbons (Fsp3) is 0.333. The summed E-state index contributed by atoms with van der Waals surface area (Å²) in [7, 11) is 1.45. The van der Waals surface area contributed by atoms with E-state index >= 15 is 0 Å². The topological polar surface area (TPSA) is 132 Å². The van der Waals surface area contributed by atoms with E-state index in [0.29, 0.717) is 21.5 Å². The predicted octanol–water partition coefficient (Wildman–Crippen LogP) is 2.22. The van der Waals surface area contributed by atoms with Crippen LogP contribution in [0.15, 0.2) is 39.2 Å². The van der Waals surface area contributed by atoms with Crippen molar-refractivity contribution in [2.45, 2.75) is 26.3 Å². The second-order valence-electron chi connectivity index (χ2n) is 7.07. The van der Waals surface area contributed by atoms with Crippen molar-refractivity contribution in [3.63, 3.8) is 0 Å². The van der Waals surface area contributed by atoms with Gasteiger partial charge in [0.05, 0.1) is 24.2 Å². The van der Waals surface area contributed by atoms with Gasteiger partial charge in [0, 0.05) is 4.88 Å². The molecule has 0 radical (unpaired) electrons. The largest absolute Gasteiger partial charge is 0.493 e. The number of carbonyl (C=O) groups excluding carboxylic acids is 3. The Kier molecular flexibility index (Phi) is 9.66. The van der Waals surface area contributed by atoms with Crippen molar-refractivity contribution in [2.75, 3.05) is 13.7 Å². The molecule has 0 saturated heterocycles. The maximum atomic E-state index is 12.6. The maximum Gasteiger partial charge on any atom is 0.262 e. The molecule has 0 aliphatic carbocycles. The number of thiophene rings is 1. The highest BCUT2D eigenvalue weighted by molar-refractivity contribution is 9.10. The van der Waals surface area contributed by atoms with Crippen LogP contribution in [0, 0.1) is 5.92 Å². The van der Waals surface area contributed by atoms with Crippen molar-refractivity contribution < 1.29 is 23.9 Å². The molecule has 0 bridgehead atoms. The summed E-state index contributed by atoms with van der Waals surface area (Å²) in [5.74, 6) is -0.730. The summed E-state index contributed by atoms with van der Waals surface area (Å²) in [6.07, 6.45) is 1.64. The standard InChI is InChI=1S/C21H25BrN4O5S/c1-12(2)19(25-18(28)9-14-5-4-6-32-14)21(29)26-24-10-13-7-15(22)20(16(8-13)30-3)31-11-17(23)27/h4-8,10,12,19H,9,11H2,1-3H3,(H2,23,27)(H,25,28)(H,26,29)/b24-10+. The molecule has 1 atom stereocenters. The Labute approximate surface area is 198 Å². The van der Waals surface area contributed by atoms with Gasteiger partial charge in [-0.3, -0.25) is 14.4 Å². The first kappa shape index (κ1) is 25.3. The number of halogens is 1. The number of primary amides is 1. The van der Waals surface area contributed by atoms with Crippen LogP contribution in [0.25, 0.3) is 0 Å². The number of nitrogens with zero attached hydrogens (tertiary/aromatic N) is 1. The van der Waals surface area contributed by atoms with E-state index in [2.05, 4.69) is 31.8 Å². The summed E-state index contributed by atoms with van der Waals surface area (Å²) in [5, 5.41) is 8.64. The van der Waals surface area contributed by atoms with E-state index in [-0.39, 0.29) is 24.9 Å². The molecule has 32 heavy (non-hydrogen) atoms. The van der Waals surface area contributed by atoms with E-state index in [4.69, 9.17) is 15.2 Å². The van der Waals surface area contributed by atoms with Gasteiger partial charge in [0.15, 0.2) is 18.1 Å². The van der Waals surface area contributed by atoms with E-state index in [1.54, 1.807) is 12.1 Å². The molecule has 172 valence electrons. The van der Waals surface area contributed by atoms with Crippen LogP contribution >= 0.6 is 27.3 Å². The Balaban J connectivity index is 2.02. The van der Waals surface area contributed by atoms with E-state index in [9.17, 15) is 14.4 Å². The van der Waals surface area contributed by atoms with Gasteiger partial charge in [0.25, 0.3) is 11.8 Å². The predicted molar refractivity (Wildman–Crippen MR) is 126 cm³/mol. The fourth-order valence-corrected chi connectivity index (χ4v) is 3.95. The summed E-state index contributed by atoms with van der Waals surface area (Å²) >= 11 is 4.84. The third kappa shape index (κ3) is 7.65. The van der Waals surface area contributed by atoms with Crippen LogP contribution < -0.4 is 25.9 Å². The molecule has 9 nitrogen and oxygen atoms in total. The van der Waals surface area contributed by atoms with Gasteiger partial charge in [0.2, 0.25) is 5.91 Å². The molecule has 1 aromatic carbocycles. The summed E-state index contributed by atoms with van der Waals surface area (Å²) in [6.45, 7) is 3.38. The number of amides is 3. The van der Waals surface area contributed by atoms with E-state index in [1.807, 2.05) is 31.4 Å². The van der Waals surface area contributed by atoms with Crippen LogP contribution in [0.1, 0.15) is 24.3 Å². The second kappa shape index (κ2) is 12.2. The minimum atomic E-state index is -0.731. The molecule has 0 fully saturated rings. The van der Waals surface area contributed by atoms with Gasteiger partial charge in [-0.1, -0.05) is 19.9 Å². The lowest BCUT2D eigenvalue weighted by atomic mass is 10.0. The lowest BCUT2D eigenvalue weighted by Crippen LogP contribution is -2.49. The quantitative estimate of drug-likeness (QED) is 0.306. The zero-order valence-corrected chi connectivity index (χ0v) is 20.3. The van der Waals surface area contributed by atoms with E-state index in [1.165, 1.54) is 24.7 Å². The number of ether oxygens (including phenoxy) is 2. The SMILES string of the molecule is COc1cc(/C=N/NC(=O)C(NC(=O)Cc2cccs2)C(C)C)cc(Br)c1OCC(N)=O. The molecule has 0 aliphatic rings. The van der Waals surface area contributed by atoms with E-state index in [0.717, 1.165) is 4.88 Å². The Bertz CT molecular complexity index is 979. The average Bonchev–Trinajstić information content (AvgIpc) is 3.23. The molecule has 0 spiro atoms. The first-order chi connectivity index (χ1) is 15.2. The van der Waals surface area contributed by atoms with Crippen LogP contribution in [0.4, 0.5) is 0 Å². The number of carbonyl (C=O) groups is 3. The molecule has 0 aliphatic heterocycles. The van der Waals surface area contributed by atoms with Crippen LogP contribution in [-0.2, 0) is 20.8 Å². The van der Waals surface area contributed by atoms with Crippen molar-refractivity contribution in [3.8, 4) is 11.5 Å². The molecule has 0 saturated carbocycles. The third-order valence-electron chi connectivity index (χ3n) is 4.18. The molecule has 1 unspecified atom stereocenters. The Morgan fingerprint density at radius 2 is 2.06 bits per heavy atom. The van der Waals surface area contributed by atoms with Crippen molar-refractivity contribution in [3.05, 3.63) is 44.6 Å². The van der Waals surface area contributed by atoms with Crippen molar-refractivity contribution >= 4 is 51.2 Å². The van der Waals surface area contributed by atoms with Gasteiger partial charge in [-0.05, 0) is 51.0 Å². The Hall–Kier alpha value is -2.92. The first-order valence-corrected chi connectivity index (χ1v) is 11.3. The summed E-state index contributed by atoms with van der Waals surface area (Å²) in [5.41, 5.74) is 8.17. The molecule has 2 aromatic rings. The normalized spacial score (nSPS) is 11.9. The van der Waals surface area contributed by atoms with Crippen LogP contribution in [-0.4, -0.2) is 43.7 Å². The molecule has 3 amide bonds. The molecule has 1 heterocycles. The number of benzene rings is 1. The van der Waals surface area contributed by atoms with E-state index < -0.39 is 17.9 Å². The number of hydrazone groups is 1. The highest BCUT2D eigenvalue weighted by Gasteiger charge is 2.24. The molecule has 11 heteroatoms. The minimum Gasteiger partial charge on any atom is -0.493 e. The maximum absolute atomic E-state index is 12.6. The molecule has 2 rings (SSSR count). The number of hydrogen-bond donors (Lipinski definition) is 3. The van der Waals surface area contributed by atoms with Gasteiger partial charge < -0.3 is 20.5 Å². The van der Waals surface area contributed by atoms with Gasteiger partial charge in [0.1, 0.15) is 6.04 Å². The van der Waals surface area contributed by atoms with Gasteiger partial charge in [-0.25, -0.2) is 5.43 Å². The first-order valence-electron chi connectivity index (χ1n) is 9.64. The number of hydrogen-bond acceptors (Lipinski definition) is 7. The minimum absolute atomic E-state index is 0.131. The number of nitrogens with two attached hydrogens (primary N) is 1. The lowest BCUT2D eigenvalue weighted by Gasteiger charge is -2.20. The number of nitrogens with one attached hydrogen (secondary N) is 2. The van der Waals surface area contributed by atoms with Gasteiger partial charge in [-0.15, -0.1) is 11.3 Å². The van der Waals surface area contributed by atoms with Crippen molar-refractivity contribution in [1.82, 2.24) is 10.7 Å². The highest BCUT2D eigenvalue weighted by Crippen LogP contribution is 2.36. The monoisotopic (exact) mass is 524 g/mol. The van der Waals surface area contributed by atoms with Gasteiger partial charge in [-0.2, -0.15) is 5.10 Å². The smallest absolute Gasteiger partial charge is 0.262 e. The fourth-order valence-electron chi connectivity index (χ4n) is 2.67. The Morgan fingerprint density at radius 3 is 2.66 bits per heavy atom. The molecular weight excluding hydrogens is 500 g/mol. The van der Waals surface area contributed by atoms with Crippen molar-refractivity contribution in [2.24, 2.45) is 16.8 Å². The Morgan fingerprint density at radius 1 is 1.31 bits per heavy atom. The zero-order valence-electron chi connectivity index (χ0n) is 17.9. The summed E-state index contributed by atoms with van der Waals surface area (Å²) in [6, 6.07) is 6.32. The molecule has 4 N–H and O–H groups in total. The number of rotatable bonds is 11. The highest BCUT2D eigenvalue weighted by atomic mass is 79.9. The van der Waals surface area contributed by atoms with Crippen LogP contribution in [0.2, 0.25) is 0 Å². The van der Waals surface area contributed by atoms with Crippen molar-refractivity contribution in [1.29, 1.82) is 0 Å². The van der Waals surface area contributed by atoms with Gasteiger partial charge >= 0.3 is 0 Å². The van der Waals surface area contributed by atoms with Crippen LogP contribution in [0.5, 0.6) is 11.5 Å². The molecular formula is C21H25BrN4O5S. The lowest BCUT2D eigenvalue weighted by molar-refractivity contribution is -0.129.